The van der Waals surface area contributed by atoms with E-state index in [9.17, 15) is 4.79 Å². The van der Waals surface area contributed by atoms with Gasteiger partial charge in [-0.2, -0.15) is 0 Å². The molecule has 0 aliphatic heterocycles. The zero-order chi connectivity index (χ0) is 20.8. The average molecular weight is 421 g/mol. The fraction of sp³-hybridized carbons (Fsp3) is 0.375. The molecule has 2 N–H and O–H groups in total. The van der Waals surface area contributed by atoms with Gasteiger partial charge in [0.1, 0.15) is 5.82 Å². The number of rotatable bonds is 8. The van der Waals surface area contributed by atoms with Crippen molar-refractivity contribution in [3.05, 3.63) is 66.0 Å². The molecule has 1 saturated carbocycles. The zero-order valence-corrected chi connectivity index (χ0v) is 18.1. The van der Waals surface area contributed by atoms with Crippen molar-refractivity contribution in [2.45, 2.75) is 50.2 Å². The molecule has 1 atom stereocenters. The highest BCUT2D eigenvalue weighted by Gasteiger charge is 2.18. The first-order valence-electron chi connectivity index (χ1n) is 10.7. The molecular formula is C24H28N4OS. The largest absolute Gasteiger partial charge is 0.349 e. The highest BCUT2D eigenvalue weighted by Crippen LogP contribution is 2.27. The molecule has 6 heteroatoms. The van der Waals surface area contributed by atoms with E-state index in [4.69, 9.17) is 0 Å². The molecule has 0 bridgehead atoms. The van der Waals surface area contributed by atoms with Crippen LogP contribution in [0.3, 0.4) is 0 Å². The number of H-pyrrole nitrogens is 1. The van der Waals surface area contributed by atoms with Crippen LogP contribution in [-0.2, 0) is 11.2 Å². The number of aromatic amines is 1. The van der Waals surface area contributed by atoms with Gasteiger partial charge in [0.15, 0.2) is 0 Å². The summed E-state index contributed by atoms with van der Waals surface area (Å²) in [5.74, 6) is 1.97. The van der Waals surface area contributed by atoms with Crippen molar-refractivity contribution < 1.29 is 4.79 Å². The van der Waals surface area contributed by atoms with E-state index in [0.717, 1.165) is 23.7 Å². The van der Waals surface area contributed by atoms with Gasteiger partial charge in [-0.3, -0.25) is 9.89 Å². The molecule has 1 aliphatic carbocycles. The van der Waals surface area contributed by atoms with E-state index in [1.165, 1.54) is 48.6 Å². The molecule has 0 saturated heterocycles. The molecule has 1 heterocycles. The van der Waals surface area contributed by atoms with Gasteiger partial charge in [-0.1, -0.05) is 92.0 Å². The summed E-state index contributed by atoms with van der Waals surface area (Å²) in [5.41, 5.74) is 3.45. The van der Waals surface area contributed by atoms with Gasteiger partial charge in [-0.25, -0.2) is 4.98 Å². The number of carbonyl (C=O) groups excluding carboxylic acids is 1. The Labute approximate surface area is 182 Å². The fourth-order valence-electron chi connectivity index (χ4n) is 4.01. The Morgan fingerprint density at radius 3 is 2.53 bits per heavy atom. The normalized spacial score (nSPS) is 15.2. The molecular weight excluding hydrogens is 392 g/mol. The molecule has 0 radical (unpaired) electrons. The quantitative estimate of drug-likeness (QED) is 0.493. The number of hydrogen-bond donors (Lipinski definition) is 2. The molecule has 3 aromatic rings. The van der Waals surface area contributed by atoms with Gasteiger partial charge in [-0.15, -0.1) is 5.10 Å². The van der Waals surface area contributed by atoms with Crippen LogP contribution in [0.2, 0.25) is 0 Å². The van der Waals surface area contributed by atoms with Crippen LogP contribution in [0.4, 0.5) is 0 Å². The summed E-state index contributed by atoms with van der Waals surface area (Å²) < 4.78 is 0. The third-order valence-electron chi connectivity index (χ3n) is 5.70. The minimum absolute atomic E-state index is 0.0122. The lowest BCUT2D eigenvalue weighted by molar-refractivity contribution is -0.119. The molecule has 1 unspecified atom stereocenters. The minimum Gasteiger partial charge on any atom is -0.349 e. The predicted octanol–water partition coefficient (Wildman–Crippen LogP) is 5.17. The van der Waals surface area contributed by atoms with Gasteiger partial charge in [0.2, 0.25) is 11.1 Å². The highest BCUT2D eigenvalue weighted by atomic mass is 32.2. The summed E-state index contributed by atoms with van der Waals surface area (Å²) in [6.45, 7) is 2.01. The number of nitrogens with zero attached hydrogens (tertiary/aromatic N) is 2. The number of thioether (sulfide) groups is 1. The van der Waals surface area contributed by atoms with Crippen LogP contribution in [0.15, 0.2) is 59.8 Å². The molecule has 30 heavy (non-hydrogen) atoms. The summed E-state index contributed by atoms with van der Waals surface area (Å²) >= 11 is 1.38. The molecule has 0 spiro atoms. The van der Waals surface area contributed by atoms with Gasteiger partial charge in [-0.05, 0) is 29.5 Å². The second kappa shape index (κ2) is 9.94. The van der Waals surface area contributed by atoms with Gasteiger partial charge in [0.25, 0.3) is 0 Å². The van der Waals surface area contributed by atoms with Crippen molar-refractivity contribution in [1.29, 1.82) is 0 Å². The number of hydrogen-bond acceptors (Lipinski definition) is 4. The summed E-state index contributed by atoms with van der Waals surface area (Å²) in [7, 11) is 0. The highest BCUT2D eigenvalue weighted by molar-refractivity contribution is 7.99. The third-order valence-corrected chi connectivity index (χ3v) is 6.54. The van der Waals surface area contributed by atoms with Gasteiger partial charge >= 0.3 is 0 Å². The Morgan fingerprint density at radius 2 is 1.80 bits per heavy atom. The Hall–Kier alpha value is -2.60. The molecule has 156 valence electrons. The van der Waals surface area contributed by atoms with Crippen LogP contribution in [0.1, 0.15) is 50.0 Å². The topological polar surface area (TPSA) is 70.7 Å². The first-order valence-corrected chi connectivity index (χ1v) is 11.6. The summed E-state index contributed by atoms with van der Waals surface area (Å²) in [4.78, 5) is 16.9. The zero-order valence-electron chi connectivity index (χ0n) is 17.3. The monoisotopic (exact) mass is 420 g/mol. The van der Waals surface area contributed by atoms with E-state index in [0.29, 0.717) is 10.9 Å². The lowest BCUT2D eigenvalue weighted by atomic mass is 10.0. The smallest absolute Gasteiger partial charge is 0.230 e. The number of aromatic nitrogens is 3. The molecule has 2 aromatic carbocycles. The van der Waals surface area contributed by atoms with Crippen LogP contribution < -0.4 is 5.32 Å². The second-order valence-corrected chi connectivity index (χ2v) is 8.93. The van der Waals surface area contributed by atoms with Crippen molar-refractivity contribution >= 4 is 17.7 Å². The number of nitrogens with one attached hydrogen (secondary N) is 2. The summed E-state index contributed by atoms with van der Waals surface area (Å²) in [6.07, 6.45) is 6.20. The van der Waals surface area contributed by atoms with Crippen molar-refractivity contribution in [3.8, 4) is 11.1 Å². The Kier molecular flexibility index (Phi) is 6.84. The minimum atomic E-state index is -0.0482. The van der Waals surface area contributed by atoms with Crippen molar-refractivity contribution in [2.24, 2.45) is 5.92 Å². The first kappa shape index (κ1) is 20.7. The lowest BCUT2D eigenvalue weighted by Crippen LogP contribution is -2.28. The van der Waals surface area contributed by atoms with Crippen LogP contribution in [0, 0.1) is 5.92 Å². The molecule has 1 fully saturated rings. The SMILES string of the molecule is CC(NC(=O)CSc1n[nH]c(CC2CCCC2)n1)c1ccc(-c2ccccc2)cc1. The van der Waals surface area contributed by atoms with Crippen molar-refractivity contribution in [3.63, 3.8) is 0 Å². The Bertz CT molecular complexity index is 949. The van der Waals surface area contributed by atoms with E-state index in [1.54, 1.807) is 0 Å². The number of carbonyl (C=O) groups is 1. The van der Waals surface area contributed by atoms with E-state index in [-0.39, 0.29) is 11.9 Å². The maximum atomic E-state index is 12.4. The Morgan fingerprint density at radius 1 is 1.10 bits per heavy atom. The molecule has 1 amide bonds. The van der Waals surface area contributed by atoms with Crippen LogP contribution in [0.25, 0.3) is 11.1 Å². The van der Waals surface area contributed by atoms with Crippen molar-refractivity contribution in [2.75, 3.05) is 5.75 Å². The maximum absolute atomic E-state index is 12.4. The number of amides is 1. The lowest BCUT2D eigenvalue weighted by Gasteiger charge is -2.14. The standard InChI is InChI=1S/C24H28N4OS/c1-17(19-11-13-21(14-12-19)20-9-3-2-4-10-20)25-23(29)16-30-24-26-22(27-28-24)15-18-7-5-6-8-18/h2-4,9-14,17-18H,5-8,15-16H2,1H3,(H,25,29)(H,26,27,28). The Balaban J connectivity index is 1.25. The third kappa shape index (κ3) is 5.51. The average Bonchev–Trinajstić information content (AvgIpc) is 3.45. The van der Waals surface area contributed by atoms with E-state index >= 15 is 0 Å². The molecule has 1 aromatic heterocycles. The van der Waals surface area contributed by atoms with E-state index in [1.807, 2.05) is 25.1 Å². The molecule has 4 rings (SSSR count). The van der Waals surface area contributed by atoms with Gasteiger partial charge < -0.3 is 5.32 Å². The molecule has 5 nitrogen and oxygen atoms in total. The van der Waals surface area contributed by atoms with E-state index in [2.05, 4.69) is 56.9 Å². The first-order chi connectivity index (χ1) is 14.7. The van der Waals surface area contributed by atoms with Gasteiger partial charge in [0.05, 0.1) is 11.8 Å². The fourth-order valence-corrected chi connectivity index (χ4v) is 4.64. The van der Waals surface area contributed by atoms with Crippen LogP contribution >= 0.6 is 11.8 Å². The van der Waals surface area contributed by atoms with Crippen molar-refractivity contribution in [1.82, 2.24) is 20.5 Å². The summed E-state index contributed by atoms with van der Waals surface area (Å²) in [6, 6.07) is 18.6. The van der Waals surface area contributed by atoms with Crippen LogP contribution in [-0.4, -0.2) is 26.8 Å². The maximum Gasteiger partial charge on any atom is 0.230 e. The van der Waals surface area contributed by atoms with E-state index < -0.39 is 0 Å². The molecule has 1 aliphatic rings. The number of benzene rings is 2. The van der Waals surface area contributed by atoms with Gasteiger partial charge in [0, 0.05) is 6.42 Å². The van der Waals surface area contributed by atoms with Crippen LogP contribution in [0.5, 0.6) is 0 Å². The predicted molar refractivity (Wildman–Crippen MR) is 121 cm³/mol. The summed E-state index contributed by atoms with van der Waals surface area (Å²) in [5, 5.41) is 11.0. The second-order valence-electron chi connectivity index (χ2n) is 7.99.